The summed E-state index contributed by atoms with van der Waals surface area (Å²) in [5.74, 6) is -2.47. The van der Waals surface area contributed by atoms with Gasteiger partial charge in [-0.05, 0) is 24.6 Å². The third kappa shape index (κ3) is 3.25. The van der Waals surface area contributed by atoms with E-state index in [1.807, 2.05) is 0 Å². The van der Waals surface area contributed by atoms with Crippen LogP contribution in [0.2, 0.25) is 5.02 Å². The number of hydrogen-bond acceptors (Lipinski definition) is 4. The zero-order valence-corrected chi connectivity index (χ0v) is 12.6. The second kappa shape index (κ2) is 6.57. The molecule has 2 rings (SSSR count). The van der Waals surface area contributed by atoms with Gasteiger partial charge in [0.1, 0.15) is 6.54 Å². The van der Waals surface area contributed by atoms with Crippen LogP contribution in [0.3, 0.4) is 0 Å². The van der Waals surface area contributed by atoms with Crippen LogP contribution in [0.1, 0.15) is 13.3 Å². The van der Waals surface area contributed by atoms with E-state index in [0.717, 1.165) is 4.90 Å². The first-order valence-electron chi connectivity index (χ1n) is 6.66. The number of nitrogens with one attached hydrogen (secondary N) is 1. The molecule has 0 aliphatic carbocycles. The molecule has 0 unspecified atom stereocenters. The Balaban J connectivity index is 2.04. The van der Waals surface area contributed by atoms with Crippen molar-refractivity contribution in [2.24, 2.45) is 0 Å². The molecule has 1 aromatic carbocycles. The van der Waals surface area contributed by atoms with E-state index in [9.17, 15) is 19.2 Å². The van der Waals surface area contributed by atoms with Crippen LogP contribution < -0.4 is 5.32 Å². The molecule has 0 atom stereocenters. The van der Waals surface area contributed by atoms with Crippen LogP contribution in [-0.4, -0.2) is 46.6 Å². The third-order valence-electron chi connectivity index (χ3n) is 2.99. The van der Waals surface area contributed by atoms with Crippen molar-refractivity contribution in [1.29, 1.82) is 0 Å². The predicted molar refractivity (Wildman–Crippen MR) is 79.2 cm³/mol. The molecule has 0 spiro atoms. The molecular weight excluding hydrogens is 310 g/mol. The summed E-state index contributed by atoms with van der Waals surface area (Å²) in [6.45, 7) is 1.41. The maximum absolute atomic E-state index is 12.0. The lowest BCUT2D eigenvalue weighted by Gasteiger charge is -2.14. The minimum Gasteiger partial charge on any atom is -0.324 e. The van der Waals surface area contributed by atoms with Crippen LogP contribution >= 0.6 is 11.6 Å². The van der Waals surface area contributed by atoms with Crippen molar-refractivity contribution in [3.05, 3.63) is 29.3 Å². The van der Waals surface area contributed by atoms with E-state index >= 15 is 0 Å². The summed E-state index contributed by atoms with van der Waals surface area (Å²) in [5, 5.41) is 2.95. The van der Waals surface area contributed by atoms with Gasteiger partial charge in [-0.3, -0.25) is 19.3 Å². The lowest BCUT2D eigenvalue weighted by atomic mass is 10.3. The van der Waals surface area contributed by atoms with Gasteiger partial charge < -0.3 is 5.32 Å². The van der Waals surface area contributed by atoms with Crippen molar-refractivity contribution in [1.82, 2.24) is 9.80 Å². The van der Waals surface area contributed by atoms with Crippen molar-refractivity contribution in [3.8, 4) is 0 Å². The summed E-state index contributed by atoms with van der Waals surface area (Å²) in [6, 6.07) is 5.68. The number of carbonyl (C=O) groups excluding carboxylic acids is 4. The third-order valence-corrected chi connectivity index (χ3v) is 3.23. The molecule has 1 N–H and O–H groups in total. The highest BCUT2D eigenvalue weighted by Crippen LogP contribution is 2.16. The normalized spacial score (nSPS) is 14.7. The molecule has 8 heteroatoms. The molecule has 7 nitrogen and oxygen atoms in total. The zero-order valence-electron chi connectivity index (χ0n) is 11.8. The van der Waals surface area contributed by atoms with E-state index in [1.54, 1.807) is 25.1 Å². The zero-order chi connectivity index (χ0) is 16.3. The number of benzene rings is 1. The maximum atomic E-state index is 12.0. The lowest BCUT2D eigenvalue weighted by Crippen LogP contribution is -2.39. The van der Waals surface area contributed by atoms with Gasteiger partial charge in [0.15, 0.2) is 0 Å². The minimum absolute atomic E-state index is 0.149. The van der Waals surface area contributed by atoms with E-state index < -0.39 is 30.3 Å². The van der Waals surface area contributed by atoms with Gasteiger partial charge in [0.05, 0.1) is 0 Å². The van der Waals surface area contributed by atoms with Crippen molar-refractivity contribution in [3.63, 3.8) is 0 Å². The minimum atomic E-state index is -0.986. The van der Waals surface area contributed by atoms with Gasteiger partial charge in [-0.25, -0.2) is 9.69 Å². The second-order valence-electron chi connectivity index (χ2n) is 4.69. The monoisotopic (exact) mass is 323 g/mol. The average Bonchev–Trinajstić information content (AvgIpc) is 2.65. The molecule has 5 amide bonds. The topological polar surface area (TPSA) is 86.8 Å². The number of halogens is 1. The van der Waals surface area contributed by atoms with Gasteiger partial charge in [-0.2, -0.15) is 0 Å². The molecule has 1 saturated heterocycles. The molecule has 22 heavy (non-hydrogen) atoms. The highest BCUT2D eigenvalue weighted by Gasteiger charge is 2.44. The molecule has 0 saturated carbocycles. The number of hydrogen-bond donors (Lipinski definition) is 1. The Morgan fingerprint density at radius 3 is 2.50 bits per heavy atom. The fourth-order valence-corrected chi connectivity index (χ4v) is 2.21. The van der Waals surface area contributed by atoms with Gasteiger partial charge in [-0.15, -0.1) is 0 Å². The standard InChI is InChI=1S/C14H14ClN3O4/c1-2-6-17-12(20)13(21)18(14(17)22)8-11(19)16-10-5-3-4-9(15)7-10/h3-5,7H,2,6,8H2,1H3,(H,16,19). The number of imide groups is 2. The van der Waals surface area contributed by atoms with Gasteiger partial charge in [0.2, 0.25) is 5.91 Å². The molecule has 1 aromatic rings. The summed E-state index contributed by atoms with van der Waals surface area (Å²) in [5.41, 5.74) is 0.438. The Morgan fingerprint density at radius 1 is 1.18 bits per heavy atom. The Labute approximate surface area is 131 Å². The first-order valence-corrected chi connectivity index (χ1v) is 7.04. The van der Waals surface area contributed by atoms with Gasteiger partial charge in [0.25, 0.3) is 0 Å². The molecule has 0 aromatic heterocycles. The number of nitrogens with zero attached hydrogens (tertiary/aromatic N) is 2. The molecule has 1 heterocycles. The van der Waals surface area contributed by atoms with Crippen molar-refractivity contribution in [2.45, 2.75) is 13.3 Å². The maximum Gasteiger partial charge on any atom is 0.334 e. The highest BCUT2D eigenvalue weighted by molar-refractivity contribution is 6.45. The molecule has 0 radical (unpaired) electrons. The van der Waals surface area contributed by atoms with E-state index in [1.165, 1.54) is 6.07 Å². The first kappa shape index (κ1) is 16.0. The van der Waals surface area contributed by atoms with Crippen LogP contribution in [0, 0.1) is 0 Å². The molecule has 116 valence electrons. The second-order valence-corrected chi connectivity index (χ2v) is 5.13. The molecular formula is C14H14ClN3O4. The van der Waals surface area contributed by atoms with E-state index in [0.29, 0.717) is 22.0 Å². The fraction of sp³-hybridized carbons (Fsp3) is 0.286. The molecule has 0 bridgehead atoms. The summed E-state index contributed by atoms with van der Waals surface area (Å²) >= 11 is 5.80. The predicted octanol–water partition coefficient (Wildman–Crippen LogP) is 1.48. The Kier molecular flexibility index (Phi) is 4.77. The Hall–Kier alpha value is -2.41. The van der Waals surface area contributed by atoms with Gasteiger partial charge in [-0.1, -0.05) is 24.6 Å². The average molecular weight is 324 g/mol. The first-order chi connectivity index (χ1) is 10.4. The van der Waals surface area contributed by atoms with E-state index in [4.69, 9.17) is 11.6 Å². The van der Waals surface area contributed by atoms with Crippen LogP contribution in [0.25, 0.3) is 0 Å². The number of urea groups is 1. The number of anilines is 1. The molecule has 1 fully saturated rings. The fourth-order valence-electron chi connectivity index (χ4n) is 2.02. The lowest BCUT2D eigenvalue weighted by molar-refractivity contribution is -0.143. The summed E-state index contributed by atoms with van der Waals surface area (Å²) < 4.78 is 0. The Morgan fingerprint density at radius 2 is 1.86 bits per heavy atom. The summed E-state index contributed by atoms with van der Waals surface area (Å²) in [7, 11) is 0. The smallest absolute Gasteiger partial charge is 0.324 e. The number of carbonyl (C=O) groups is 4. The van der Waals surface area contributed by atoms with E-state index in [2.05, 4.69) is 5.32 Å². The Bertz CT molecular complexity index is 647. The van der Waals surface area contributed by atoms with Crippen LogP contribution in [0.4, 0.5) is 10.5 Å². The van der Waals surface area contributed by atoms with E-state index in [-0.39, 0.29) is 6.54 Å². The molecule has 1 aliphatic heterocycles. The van der Waals surface area contributed by atoms with Crippen molar-refractivity contribution < 1.29 is 19.2 Å². The summed E-state index contributed by atoms with van der Waals surface area (Å²) in [6.07, 6.45) is 0.535. The number of amides is 5. The SMILES string of the molecule is CCCN1C(=O)C(=O)N(CC(=O)Nc2cccc(Cl)c2)C1=O. The van der Waals surface area contributed by atoms with Gasteiger partial charge >= 0.3 is 17.8 Å². The summed E-state index contributed by atoms with van der Waals surface area (Å²) in [4.78, 5) is 48.8. The van der Waals surface area contributed by atoms with Crippen molar-refractivity contribution in [2.75, 3.05) is 18.4 Å². The van der Waals surface area contributed by atoms with Gasteiger partial charge in [0, 0.05) is 17.3 Å². The number of rotatable bonds is 5. The molecule has 1 aliphatic rings. The van der Waals surface area contributed by atoms with Crippen LogP contribution in [0.15, 0.2) is 24.3 Å². The van der Waals surface area contributed by atoms with Crippen LogP contribution in [-0.2, 0) is 14.4 Å². The van der Waals surface area contributed by atoms with Crippen molar-refractivity contribution >= 4 is 41.0 Å². The largest absolute Gasteiger partial charge is 0.334 e. The highest BCUT2D eigenvalue weighted by atomic mass is 35.5. The quantitative estimate of drug-likeness (QED) is 0.657. The van der Waals surface area contributed by atoms with Crippen LogP contribution in [0.5, 0.6) is 0 Å².